The molecule has 2 aliphatic rings. The van der Waals surface area contributed by atoms with E-state index < -0.39 is 5.97 Å². The molecular formula is C25H28N8O3. The molecule has 2 fully saturated rings. The molecule has 4 aromatic heterocycles. The van der Waals surface area contributed by atoms with Crippen LogP contribution in [0.2, 0.25) is 0 Å². The number of rotatable bonds is 6. The minimum Gasteiger partial charge on any atom is -0.464 e. The Labute approximate surface area is 207 Å². The standard InChI is InChI=1S/C25H28N8O3/c1-14-18(12-33(31-14)16-6-8-36-9-7-16)28-24-23(25(34)35-3)29-22(20(30-24)15-4-5-15)17-10-26-11-19-21(17)27-13-32(19)2/h10-13,15-16H,4-9H2,1-3H3,(H,28,30). The molecule has 0 atom stereocenters. The van der Waals surface area contributed by atoms with Crippen LogP contribution in [0.1, 0.15) is 59.5 Å². The van der Waals surface area contributed by atoms with E-state index in [-0.39, 0.29) is 17.7 Å². The summed E-state index contributed by atoms with van der Waals surface area (Å²) in [4.78, 5) is 31.6. The summed E-state index contributed by atoms with van der Waals surface area (Å²) in [6.07, 6.45) is 11.1. The van der Waals surface area contributed by atoms with Crippen molar-refractivity contribution in [3.05, 3.63) is 42.0 Å². The van der Waals surface area contributed by atoms with E-state index >= 15 is 0 Å². The molecule has 1 N–H and O–H groups in total. The number of pyridine rings is 1. The molecular weight excluding hydrogens is 460 g/mol. The van der Waals surface area contributed by atoms with Crippen molar-refractivity contribution in [2.45, 2.75) is 44.6 Å². The fourth-order valence-corrected chi connectivity index (χ4v) is 4.70. The normalized spacial score (nSPS) is 16.4. The zero-order valence-electron chi connectivity index (χ0n) is 20.6. The van der Waals surface area contributed by atoms with Crippen LogP contribution in [0.25, 0.3) is 22.3 Å². The van der Waals surface area contributed by atoms with Gasteiger partial charge in [-0.1, -0.05) is 0 Å². The number of fused-ring (bicyclic) bond motifs is 1. The second-order valence-corrected chi connectivity index (χ2v) is 9.41. The van der Waals surface area contributed by atoms with Crippen molar-refractivity contribution >= 4 is 28.5 Å². The first-order chi connectivity index (χ1) is 17.5. The summed E-state index contributed by atoms with van der Waals surface area (Å²) < 4.78 is 14.5. The van der Waals surface area contributed by atoms with Crippen LogP contribution in [0.4, 0.5) is 11.5 Å². The number of ether oxygens (including phenoxy) is 2. The van der Waals surface area contributed by atoms with Gasteiger partial charge in [0.15, 0.2) is 11.5 Å². The predicted molar refractivity (Wildman–Crippen MR) is 132 cm³/mol. The molecule has 1 saturated carbocycles. The van der Waals surface area contributed by atoms with Gasteiger partial charge in [0, 0.05) is 44.1 Å². The molecule has 0 radical (unpaired) electrons. The Morgan fingerprint density at radius 1 is 1.17 bits per heavy atom. The average molecular weight is 489 g/mol. The number of methoxy groups -OCH3 is 1. The van der Waals surface area contributed by atoms with E-state index in [1.54, 1.807) is 18.7 Å². The van der Waals surface area contributed by atoms with E-state index in [0.717, 1.165) is 72.6 Å². The van der Waals surface area contributed by atoms with Gasteiger partial charge in [0.2, 0.25) is 0 Å². The van der Waals surface area contributed by atoms with E-state index in [2.05, 4.69) is 15.3 Å². The van der Waals surface area contributed by atoms with Crippen molar-refractivity contribution in [3.8, 4) is 11.3 Å². The lowest BCUT2D eigenvalue weighted by atomic mass is 10.1. The average Bonchev–Trinajstić information content (AvgIpc) is 3.60. The van der Waals surface area contributed by atoms with E-state index in [9.17, 15) is 4.79 Å². The Bertz CT molecular complexity index is 1450. The largest absolute Gasteiger partial charge is 0.464 e. The number of imidazole rings is 1. The van der Waals surface area contributed by atoms with E-state index in [0.29, 0.717) is 11.5 Å². The summed E-state index contributed by atoms with van der Waals surface area (Å²) >= 11 is 0. The van der Waals surface area contributed by atoms with Gasteiger partial charge in [-0.05, 0) is 32.6 Å². The van der Waals surface area contributed by atoms with E-state index in [4.69, 9.17) is 24.5 Å². The number of aromatic nitrogens is 7. The molecule has 11 nitrogen and oxygen atoms in total. The highest BCUT2D eigenvalue weighted by Gasteiger charge is 2.33. The predicted octanol–water partition coefficient (Wildman–Crippen LogP) is 3.69. The summed E-state index contributed by atoms with van der Waals surface area (Å²) in [7, 11) is 3.27. The Morgan fingerprint density at radius 3 is 2.72 bits per heavy atom. The van der Waals surface area contributed by atoms with Crippen LogP contribution in [0.15, 0.2) is 24.9 Å². The number of aryl methyl sites for hydroxylation is 2. The number of esters is 1. The first-order valence-corrected chi connectivity index (χ1v) is 12.2. The first kappa shape index (κ1) is 22.6. The van der Waals surface area contributed by atoms with Gasteiger partial charge in [0.05, 0.1) is 54.0 Å². The third kappa shape index (κ3) is 3.98. The molecule has 0 amide bonds. The third-order valence-electron chi connectivity index (χ3n) is 6.89. The molecule has 6 rings (SSSR count). The molecule has 0 aromatic carbocycles. The van der Waals surface area contributed by atoms with Gasteiger partial charge in [-0.3, -0.25) is 9.67 Å². The monoisotopic (exact) mass is 488 g/mol. The molecule has 186 valence electrons. The molecule has 11 heteroatoms. The van der Waals surface area contributed by atoms with Crippen LogP contribution in [0.3, 0.4) is 0 Å². The second kappa shape index (κ2) is 8.98. The zero-order chi connectivity index (χ0) is 24.8. The molecule has 36 heavy (non-hydrogen) atoms. The second-order valence-electron chi connectivity index (χ2n) is 9.41. The van der Waals surface area contributed by atoms with Crippen LogP contribution >= 0.6 is 0 Å². The van der Waals surface area contributed by atoms with Crippen molar-refractivity contribution in [1.82, 2.24) is 34.3 Å². The maximum Gasteiger partial charge on any atom is 0.360 e. The molecule has 4 aromatic rings. The van der Waals surface area contributed by atoms with Crippen molar-refractivity contribution < 1.29 is 14.3 Å². The number of carbonyl (C=O) groups excluding carboxylic acids is 1. The van der Waals surface area contributed by atoms with Crippen molar-refractivity contribution in [1.29, 1.82) is 0 Å². The van der Waals surface area contributed by atoms with Gasteiger partial charge in [-0.2, -0.15) is 5.10 Å². The molecule has 0 spiro atoms. The van der Waals surface area contributed by atoms with Gasteiger partial charge in [-0.15, -0.1) is 0 Å². The quantitative estimate of drug-likeness (QED) is 0.405. The molecule has 0 unspecified atom stereocenters. The fraction of sp³-hybridized carbons (Fsp3) is 0.440. The maximum absolute atomic E-state index is 12.9. The molecule has 5 heterocycles. The highest BCUT2D eigenvalue weighted by Crippen LogP contribution is 2.44. The van der Waals surface area contributed by atoms with Gasteiger partial charge in [-0.25, -0.2) is 19.7 Å². The van der Waals surface area contributed by atoms with Crippen molar-refractivity contribution in [2.75, 3.05) is 25.6 Å². The zero-order valence-corrected chi connectivity index (χ0v) is 20.6. The highest BCUT2D eigenvalue weighted by molar-refractivity contribution is 5.96. The maximum atomic E-state index is 12.9. The molecule has 0 bridgehead atoms. The number of nitrogens with one attached hydrogen (secondary N) is 1. The van der Waals surface area contributed by atoms with Gasteiger partial charge in [0.25, 0.3) is 0 Å². The van der Waals surface area contributed by atoms with Crippen molar-refractivity contribution in [2.24, 2.45) is 7.05 Å². The van der Waals surface area contributed by atoms with E-state index in [1.165, 1.54) is 7.11 Å². The minimum absolute atomic E-state index is 0.114. The topological polar surface area (TPSA) is 122 Å². The van der Waals surface area contributed by atoms with Crippen LogP contribution in [-0.2, 0) is 16.5 Å². The number of anilines is 2. The van der Waals surface area contributed by atoms with Crippen LogP contribution in [-0.4, -0.2) is 60.6 Å². The highest BCUT2D eigenvalue weighted by atomic mass is 16.5. The van der Waals surface area contributed by atoms with Gasteiger partial charge in [0.1, 0.15) is 5.52 Å². The van der Waals surface area contributed by atoms with Crippen LogP contribution in [0, 0.1) is 6.92 Å². The van der Waals surface area contributed by atoms with E-state index in [1.807, 2.05) is 29.4 Å². The van der Waals surface area contributed by atoms with Crippen LogP contribution < -0.4 is 5.32 Å². The Kier molecular flexibility index (Phi) is 5.63. The number of hydrogen-bond acceptors (Lipinski definition) is 9. The number of nitrogens with zero attached hydrogens (tertiary/aromatic N) is 7. The summed E-state index contributed by atoms with van der Waals surface area (Å²) in [6, 6.07) is 0.287. The molecule has 1 saturated heterocycles. The summed E-state index contributed by atoms with van der Waals surface area (Å²) in [5, 5.41) is 8.05. The van der Waals surface area contributed by atoms with Crippen LogP contribution in [0.5, 0.6) is 0 Å². The molecule has 1 aliphatic heterocycles. The SMILES string of the molecule is COC(=O)c1nc(-c2cncc3c2ncn3C)c(C2CC2)nc1Nc1cn(C2CCOCC2)nc1C. The first-order valence-electron chi connectivity index (χ1n) is 12.2. The van der Waals surface area contributed by atoms with Gasteiger partial charge >= 0.3 is 5.97 Å². The lowest BCUT2D eigenvalue weighted by molar-refractivity contribution is 0.0595. The Balaban J connectivity index is 1.45. The fourth-order valence-electron chi connectivity index (χ4n) is 4.70. The lowest BCUT2D eigenvalue weighted by Gasteiger charge is -2.22. The summed E-state index contributed by atoms with van der Waals surface area (Å²) in [6.45, 7) is 3.40. The Hall–Kier alpha value is -3.86. The third-order valence-corrected chi connectivity index (χ3v) is 6.89. The Morgan fingerprint density at radius 2 is 1.97 bits per heavy atom. The van der Waals surface area contributed by atoms with Crippen molar-refractivity contribution in [3.63, 3.8) is 0 Å². The molecule has 1 aliphatic carbocycles. The van der Waals surface area contributed by atoms with Gasteiger partial charge < -0.3 is 19.4 Å². The summed E-state index contributed by atoms with van der Waals surface area (Å²) in [5.74, 6) is 0.0669. The lowest BCUT2D eigenvalue weighted by Crippen LogP contribution is -2.19. The smallest absolute Gasteiger partial charge is 0.360 e. The number of carbonyl (C=O) groups is 1. The number of hydrogen-bond donors (Lipinski definition) is 1. The minimum atomic E-state index is -0.566. The summed E-state index contributed by atoms with van der Waals surface area (Å²) in [5.41, 5.74) is 5.57.